The molecular formula is C15H18FNO4. The average molecular weight is 295 g/mol. The Morgan fingerprint density at radius 1 is 1.19 bits per heavy atom. The van der Waals surface area contributed by atoms with Crippen LogP contribution in [0.1, 0.15) is 24.4 Å². The minimum atomic E-state index is -0.451. The monoisotopic (exact) mass is 295 g/mol. The molecule has 0 saturated carbocycles. The molecule has 2 atom stereocenters. The first-order valence-electron chi connectivity index (χ1n) is 6.74. The van der Waals surface area contributed by atoms with Crippen molar-refractivity contribution in [3.8, 4) is 0 Å². The molecule has 0 aliphatic carbocycles. The Balaban J connectivity index is 2.26. The van der Waals surface area contributed by atoms with Gasteiger partial charge in [-0.3, -0.25) is 4.79 Å². The molecule has 1 fully saturated rings. The van der Waals surface area contributed by atoms with Crippen LogP contribution in [0.3, 0.4) is 0 Å². The molecule has 5 nitrogen and oxygen atoms in total. The fourth-order valence-corrected chi connectivity index (χ4v) is 2.68. The van der Waals surface area contributed by atoms with Gasteiger partial charge in [-0.25, -0.2) is 9.18 Å². The van der Waals surface area contributed by atoms with E-state index in [2.05, 4.69) is 0 Å². The highest BCUT2D eigenvalue weighted by atomic mass is 19.1. The molecule has 1 aliphatic rings. The van der Waals surface area contributed by atoms with Gasteiger partial charge >= 0.3 is 12.1 Å². The zero-order chi connectivity index (χ0) is 15.4. The van der Waals surface area contributed by atoms with Gasteiger partial charge in [-0.05, 0) is 30.5 Å². The summed E-state index contributed by atoms with van der Waals surface area (Å²) in [7, 11) is 2.67. The summed E-state index contributed by atoms with van der Waals surface area (Å²) in [5, 5.41) is 0. The van der Waals surface area contributed by atoms with Crippen molar-refractivity contribution in [3.05, 3.63) is 35.6 Å². The van der Waals surface area contributed by atoms with E-state index in [0.29, 0.717) is 19.4 Å². The van der Waals surface area contributed by atoms with Gasteiger partial charge in [-0.1, -0.05) is 12.1 Å². The van der Waals surface area contributed by atoms with Crippen LogP contribution in [0, 0.1) is 11.7 Å². The molecule has 2 rings (SSSR count). The highest BCUT2D eigenvalue weighted by Crippen LogP contribution is 2.35. The maximum Gasteiger partial charge on any atom is 0.409 e. The lowest BCUT2D eigenvalue weighted by Crippen LogP contribution is -2.42. The Hall–Kier alpha value is -2.11. The molecule has 0 spiro atoms. The first-order valence-corrected chi connectivity index (χ1v) is 6.74. The molecule has 1 aromatic rings. The van der Waals surface area contributed by atoms with Crippen LogP contribution in [0.4, 0.5) is 9.18 Å². The molecule has 1 heterocycles. The number of halogens is 1. The van der Waals surface area contributed by atoms with E-state index >= 15 is 0 Å². The predicted molar refractivity (Wildman–Crippen MR) is 73.0 cm³/mol. The summed E-state index contributed by atoms with van der Waals surface area (Å²) >= 11 is 0. The molecule has 21 heavy (non-hydrogen) atoms. The summed E-state index contributed by atoms with van der Waals surface area (Å²) in [5.41, 5.74) is 0.774. The fraction of sp³-hybridized carbons (Fsp3) is 0.467. The van der Waals surface area contributed by atoms with Crippen LogP contribution in [-0.2, 0) is 14.3 Å². The van der Waals surface area contributed by atoms with E-state index in [0.717, 1.165) is 5.56 Å². The number of likely N-dealkylation sites (tertiary alicyclic amines) is 1. The first-order chi connectivity index (χ1) is 10.1. The lowest BCUT2D eigenvalue weighted by molar-refractivity contribution is -0.147. The van der Waals surface area contributed by atoms with Crippen LogP contribution in [0.2, 0.25) is 0 Å². The number of esters is 1. The van der Waals surface area contributed by atoms with Crippen LogP contribution in [0.15, 0.2) is 24.3 Å². The first kappa shape index (κ1) is 15.3. The van der Waals surface area contributed by atoms with Gasteiger partial charge in [0.05, 0.1) is 26.2 Å². The standard InChI is InChI=1S/C15H18FNO4/c1-20-14(18)11-7-8-17(15(19)21-2)13(9-11)10-3-5-12(16)6-4-10/h3-6,11,13H,7-9H2,1-2H3. The number of nitrogens with zero attached hydrogens (tertiary/aromatic N) is 1. The van der Waals surface area contributed by atoms with E-state index in [1.807, 2.05) is 0 Å². The van der Waals surface area contributed by atoms with E-state index < -0.39 is 6.09 Å². The summed E-state index contributed by atoms with van der Waals surface area (Å²) < 4.78 is 22.6. The van der Waals surface area contributed by atoms with Gasteiger partial charge in [0.1, 0.15) is 5.82 Å². The summed E-state index contributed by atoms with van der Waals surface area (Å²) in [6.45, 7) is 0.397. The normalized spacial score (nSPS) is 21.8. The number of rotatable bonds is 2. The number of piperidine rings is 1. The van der Waals surface area contributed by atoms with Crippen LogP contribution < -0.4 is 0 Å². The molecule has 1 aromatic carbocycles. The summed E-state index contributed by atoms with van der Waals surface area (Å²) in [6.07, 6.45) is 0.514. The third-order valence-electron chi connectivity index (χ3n) is 3.80. The maximum atomic E-state index is 13.1. The number of methoxy groups -OCH3 is 2. The Morgan fingerprint density at radius 2 is 1.86 bits per heavy atom. The zero-order valence-corrected chi connectivity index (χ0v) is 12.0. The van der Waals surface area contributed by atoms with E-state index in [-0.39, 0.29) is 23.7 Å². The molecular weight excluding hydrogens is 277 g/mol. The molecule has 2 unspecified atom stereocenters. The summed E-state index contributed by atoms with van der Waals surface area (Å²) in [5.74, 6) is -0.902. The van der Waals surface area contributed by atoms with Gasteiger partial charge in [0.15, 0.2) is 0 Å². The molecule has 114 valence electrons. The second-order valence-corrected chi connectivity index (χ2v) is 4.98. The van der Waals surface area contributed by atoms with Crippen LogP contribution >= 0.6 is 0 Å². The van der Waals surface area contributed by atoms with Gasteiger partial charge in [0.25, 0.3) is 0 Å². The predicted octanol–water partition coefficient (Wildman–Crippen LogP) is 2.52. The lowest BCUT2D eigenvalue weighted by atomic mass is 9.87. The molecule has 0 radical (unpaired) electrons. The van der Waals surface area contributed by atoms with E-state index in [1.165, 1.54) is 26.4 Å². The Kier molecular flexibility index (Phi) is 4.77. The van der Waals surface area contributed by atoms with Crippen molar-refractivity contribution in [1.82, 2.24) is 4.90 Å². The van der Waals surface area contributed by atoms with Gasteiger partial charge < -0.3 is 14.4 Å². The van der Waals surface area contributed by atoms with E-state index in [4.69, 9.17) is 9.47 Å². The van der Waals surface area contributed by atoms with Gasteiger partial charge in [0.2, 0.25) is 0 Å². The molecule has 1 aliphatic heterocycles. The van der Waals surface area contributed by atoms with Crippen molar-refractivity contribution in [2.24, 2.45) is 5.92 Å². The Morgan fingerprint density at radius 3 is 2.43 bits per heavy atom. The van der Waals surface area contributed by atoms with Crippen LogP contribution in [-0.4, -0.2) is 37.7 Å². The van der Waals surface area contributed by atoms with Crippen LogP contribution in [0.25, 0.3) is 0 Å². The molecule has 0 N–H and O–H groups in total. The number of ether oxygens (including phenoxy) is 2. The topological polar surface area (TPSA) is 55.8 Å². The van der Waals surface area contributed by atoms with Gasteiger partial charge in [-0.15, -0.1) is 0 Å². The third-order valence-corrected chi connectivity index (χ3v) is 3.80. The van der Waals surface area contributed by atoms with Crippen molar-refractivity contribution in [2.75, 3.05) is 20.8 Å². The van der Waals surface area contributed by atoms with Crippen LogP contribution in [0.5, 0.6) is 0 Å². The quantitative estimate of drug-likeness (QED) is 0.787. The second-order valence-electron chi connectivity index (χ2n) is 4.98. The van der Waals surface area contributed by atoms with Crippen molar-refractivity contribution in [1.29, 1.82) is 0 Å². The van der Waals surface area contributed by atoms with Crippen molar-refractivity contribution in [3.63, 3.8) is 0 Å². The van der Waals surface area contributed by atoms with E-state index in [1.54, 1.807) is 17.0 Å². The summed E-state index contributed by atoms with van der Waals surface area (Å²) in [4.78, 5) is 25.2. The minimum absolute atomic E-state index is 0.272. The number of carbonyl (C=O) groups is 2. The molecule has 1 amide bonds. The zero-order valence-electron chi connectivity index (χ0n) is 12.0. The second kappa shape index (κ2) is 6.56. The van der Waals surface area contributed by atoms with Crippen molar-refractivity contribution >= 4 is 12.1 Å². The molecule has 6 heteroatoms. The summed E-state index contributed by atoms with van der Waals surface area (Å²) in [6, 6.07) is 5.60. The SMILES string of the molecule is COC(=O)C1CCN(C(=O)OC)C(c2ccc(F)cc2)C1. The Labute approximate surface area is 122 Å². The largest absolute Gasteiger partial charge is 0.469 e. The number of amides is 1. The number of hydrogen-bond donors (Lipinski definition) is 0. The highest BCUT2D eigenvalue weighted by molar-refractivity contribution is 5.74. The van der Waals surface area contributed by atoms with Gasteiger partial charge in [0, 0.05) is 6.54 Å². The van der Waals surface area contributed by atoms with Crippen molar-refractivity contribution in [2.45, 2.75) is 18.9 Å². The molecule has 1 saturated heterocycles. The average Bonchev–Trinajstić information content (AvgIpc) is 2.53. The van der Waals surface area contributed by atoms with Gasteiger partial charge in [-0.2, -0.15) is 0 Å². The number of carbonyl (C=O) groups excluding carboxylic acids is 2. The smallest absolute Gasteiger partial charge is 0.409 e. The fourth-order valence-electron chi connectivity index (χ4n) is 2.68. The number of hydrogen-bond acceptors (Lipinski definition) is 4. The molecule has 0 bridgehead atoms. The third kappa shape index (κ3) is 3.32. The van der Waals surface area contributed by atoms with E-state index in [9.17, 15) is 14.0 Å². The molecule has 0 aromatic heterocycles. The lowest BCUT2D eigenvalue weighted by Gasteiger charge is -2.37. The Bertz CT molecular complexity index is 517. The highest BCUT2D eigenvalue weighted by Gasteiger charge is 2.36. The maximum absolute atomic E-state index is 13.1. The minimum Gasteiger partial charge on any atom is -0.469 e. The van der Waals surface area contributed by atoms with Crippen molar-refractivity contribution < 1.29 is 23.5 Å². The number of benzene rings is 1.